The molecule has 0 aromatic heterocycles. The number of likely N-dealkylation sites (N-methyl/N-ethyl adjacent to an activating group) is 1. The van der Waals surface area contributed by atoms with Crippen LogP contribution < -0.4 is 9.47 Å². The smallest absolute Gasteiger partial charge is 0.161 e. The Kier molecular flexibility index (Phi) is 4.12. The Morgan fingerprint density at radius 2 is 1.86 bits per heavy atom. The summed E-state index contributed by atoms with van der Waals surface area (Å²) in [4.78, 5) is 2.57. The molecule has 3 heteroatoms. The molecular weight excluding hydrogens is 262 g/mol. The van der Waals surface area contributed by atoms with Crippen molar-refractivity contribution in [1.29, 1.82) is 0 Å². The Balaban J connectivity index is 2.03. The lowest BCUT2D eigenvalue weighted by atomic mass is 9.71. The maximum absolute atomic E-state index is 5.53. The molecule has 1 aliphatic heterocycles. The van der Waals surface area contributed by atoms with Gasteiger partial charge in [-0.3, -0.25) is 0 Å². The number of hydrogen-bond donors (Lipinski definition) is 0. The van der Waals surface area contributed by atoms with Gasteiger partial charge < -0.3 is 14.4 Å². The minimum Gasteiger partial charge on any atom is -0.493 e. The van der Waals surface area contributed by atoms with E-state index in [-0.39, 0.29) is 0 Å². The van der Waals surface area contributed by atoms with E-state index in [1.165, 1.54) is 50.6 Å². The molecule has 0 amide bonds. The zero-order valence-electron chi connectivity index (χ0n) is 13.5. The van der Waals surface area contributed by atoms with E-state index in [4.69, 9.17) is 9.47 Å². The maximum Gasteiger partial charge on any atom is 0.161 e. The van der Waals surface area contributed by atoms with Gasteiger partial charge in [0.1, 0.15) is 0 Å². The standard InChI is InChI=1S/C18H27NO2/c1-19-12-11-18(10-6-4-5-7-17(18)19)14-8-9-15(20-2)16(13-14)21-3/h8-9,13,17H,4-7,10-12H2,1-3H3. The molecule has 116 valence electrons. The van der Waals surface area contributed by atoms with Gasteiger partial charge in [-0.1, -0.05) is 25.3 Å². The lowest BCUT2D eigenvalue weighted by Gasteiger charge is -2.37. The molecule has 2 unspecified atom stereocenters. The van der Waals surface area contributed by atoms with E-state index in [2.05, 4.69) is 30.1 Å². The van der Waals surface area contributed by atoms with Gasteiger partial charge in [0.05, 0.1) is 14.2 Å². The number of methoxy groups -OCH3 is 2. The topological polar surface area (TPSA) is 21.7 Å². The average molecular weight is 289 g/mol. The second-order valence-electron chi connectivity index (χ2n) is 6.57. The minimum atomic E-state index is 0.310. The quantitative estimate of drug-likeness (QED) is 0.848. The lowest BCUT2D eigenvalue weighted by molar-refractivity contribution is 0.229. The average Bonchev–Trinajstić information content (AvgIpc) is 2.72. The zero-order valence-corrected chi connectivity index (χ0v) is 13.5. The first-order valence-corrected chi connectivity index (χ1v) is 8.14. The van der Waals surface area contributed by atoms with E-state index in [0.717, 1.165) is 11.5 Å². The summed E-state index contributed by atoms with van der Waals surface area (Å²) in [7, 11) is 5.72. The predicted molar refractivity (Wildman–Crippen MR) is 85.3 cm³/mol. The molecule has 21 heavy (non-hydrogen) atoms. The molecule has 1 saturated heterocycles. The molecule has 0 spiro atoms. The van der Waals surface area contributed by atoms with Crippen LogP contribution in [0, 0.1) is 0 Å². The van der Waals surface area contributed by atoms with Gasteiger partial charge in [0.15, 0.2) is 11.5 Å². The van der Waals surface area contributed by atoms with E-state index < -0.39 is 0 Å². The van der Waals surface area contributed by atoms with E-state index >= 15 is 0 Å². The molecule has 1 saturated carbocycles. The van der Waals surface area contributed by atoms with E-state index in [9.17, 15) is 0 Å². The van der Waals surface area contributed by atoms with Gasteiger partial charge in [-0.15, -0.1) is 0 Å². The lowest BCUT2D eigenvalue weighted by Crippen LogP contribution is -2.40. The van der Waals surface area contributed by atoms with Crippen molar-refractivity contribution in [2.24, 2.45) is 0 Å². The monoisotopic (exact) mass is 289 g/mol. The van der Waals surface area contributed by atoms with Crippen LogP contribution in [0.25, 0.3) is 0 Å². The van der Waals surface area contributed by atoms with Crippen LogP contribution in [0.2, 0.25) is 0 Å². The van der Waals surface area contributed by atoms with E-state index in [1.807, 2.05) is 0 Å². The van der Waals surface area contributed by atoms with E-state index in [1.54, 1.807) is 14.2 Å². The Labute approximate surface area is 128 Å². The van der Waals surface area contributed by atoms with Crippen LogP contribution in [0.5, 0.6) is 11.5 Å². The highest BCUT2D eigenvalue weighted by molar-refractivity contribution is 5.46. The number of hydrogen-bond acceptors (Lipinski definition) is 3. The fourth-order valence-corrected chi connectivity index (χ4v) is 4.49. The van der Waals surface area contributed by atoms with Gasteiger partial charge in [0, 0.05) is 11.5 Å². The van der Waals surface area contributed by atoms with Crippen LogP contribution in [-0.4, -0.2) is 38.8 Å². The van der Waals surface area contributed by atoms with Gasteiger partial charge >= 0.3 is 0 Å². The van der Waals surface area contributed by atoms with Crippen molar-refractivity contribution < 1.29 is 9.47 Å². The number of benzene rings is 1. The molecule has 0 radical (unpaired) electrons. The SMILES string of the molecule is COc1ccc(C23CCCCCC2N(C)CC3)cc1OC. The number of nitrogens with zero attached hydrogens (tertiary/aromatic N) is 1. The summed E-state index contributed by atoms with van der Waals surface area (Å²) in [6.45, 7) is 1.21. The second-order valence-corrected chi connectivity index (χ2v) is 6.57. The Bertz CT molecular complexity index is 502. The molecular formula is C18H27NO2. The third-order valence-electron chi connectivity index (χ3n) is 5.64. The van der Waals surface area contributed by atoms with Crippen LogP contribution in [0.15, 0.2) is 18.2 Å². The second kappa shape index (κ2) is 5.88. The summed E-state index contributed by atoms with van der Waals surface area (Å²) in [5.41, 5.74) is 1.75. The number of fused-ring (bicyclic) bond motifs is 1. The van der Waals surface area contributed by atoms with Gasteiger partial charge in [-0.25, -0.2) is 0 Å². The summed E-state index contributed by atoms with van der Waals surface area (Å²) in [5, 5.41) is 0. The molecule has 0 bridgehead atoms. The molecule has 2 atom stereocenters. The number of ether oxygens (including phenoxy) is 2. The maximum atomic E-state index is 5.53. The summed E-state index contributed by atoms with van der Waals surface area (Å²) < 4.78 is 10.9. The fraction of sp³-hybridized carbons (Fsp3) is 0.667. The van der Waals surface area contributed by atoms with Crippen molar-refractivity contribution in [3.8, 4) is 11.5 Å². The van der Waals surface area contributed by atoms with Crippen molar-refractivity contribution in [1.82, 2.24) is 4.90 Å². The molecule has 2 fully saturated rings. The van der Waals surface area contributed by atoms with Gasteiger partial charge in [0.25, 0.3) is 0 Å². The van der Waals surface area contributed by atoms with Crippen LogP contribution in [0.4, 0.5) is 0 Å². The molecule has 1 aliphatic carbocycles. The third kappa shape index (κ3) is 2.42. The summed E-state index contributed by atoms with van der Waals surface area (Å²) in [5.74, 6) is 1.69. The highest BCUT2D eigenvalue weighted by Gasteiger charge is 2.47. The van der Waals surface area contributed by atoms with Gasteiger partial charge in [0.2, 0.25) is 0 Å². The van der Waals surface area contributed by atoms with Gasteiger partial charge in [-0.2, -0.15) is 0 Å². The largest absolute Gasteiger partial charge is 0.493 e. The molecule has 1 aromatic rings. The van der Waals surface area contributed by atoms with Crippen molar-refractivity contribution in [2.45, 2.75) is 50.0 Å². The molecule has 3 nitrogen and oxygen atoms in total. The Hall–Kier alpha value is -1.22. The number of likely N-dealkylation sites (tertiary alicyclic amines) is 1. The van der Waals surface area contributed by atoms with Crippen molar-refractivity contribution in [3.63, 3.8) is 0 Å². The number of rotatable bonds is 3. The third-order valence-corrected chi connectivity index (χ3v) is 5.64. The Morgan fingerprint density at radius 3 is 2.62 bits per heavy atom. The van der Waals surface area contributed by atoms with E-state index in [0.29, 0.717) is 11.5 Å². The predicted octanol–water partition coefficient (Wildman–Crippen LogP) is 3.61. The molecule has 2 aliphatic rings. The molecule has 3 rings (SSSR count). The molecule has 1 aromatic carbocycles. The van der Waals surface area contributed by atoms with Crippen molar-refractivity contribution in [2.75, 3.05) is 27.8 Å². The zero-order chi connectivity index (χ0) is 14.9. The van der Waals surface area contributed by atoms with Crippen molar-refractivity contribution in [3.05, 3.63) is 23.8 Å². The first-order valence-electron chi connectivity index (χ1n) is 8.14. The highest BCUT2D eigenvalue weighted by atomic mass is 16.5. The molecule has 0 N–H and O–H groups in total. The summed E-state index contributed by atoms with van der Waals surface area (Å²) in [6.07, 6.45) is 7.98. The van der Waals surface area contributed by atoms with Crippen LogP contribution in [0.1, 0.15) is 44.1 Å². The molecule has 1 heterocycles. The fourth-order valence-electron chi connectivity index (χ4n) is 4.49. The van der Waals surface area contributed by atoms with Crippen LogP contribution in [0.3, 0.4) is 0 Å². The summed E-state index contributed by atoms with van der Waals surface area (Å²) in [6, 6.07) is 7.23. The first-order chi connectivity index (χ1) is 10.2. The minimum absolute atomic E-state index is 0.310. The Morgan fingerprint density at radius 1 is 1.05 bits per heavy atom. The van der Waals surface area contributed by atoms with Crippen LogP contribution in [-0.2, 0) is 5.41 Å². The van der Waals surface area contributed by atoms with Crippen LogP contribution >= 0.6 is 0 Å². The highest BCUT2D eigenvalue weighted by Crippen LogP contribution is 2.48. The summed E-state index contributed by atoms with van der Waals surface area (Å²) >= 11 is 0. The first kappa shape index (κ1) is 14.7. The van der Waals surface area contributed by atoms with Gasteiger partial charge in [-0.05, 0) is 50.6 Å². The van der Waals surface area contributed by atoms with Crippen molar-refractivity contribution >= 4 is 0 Å². The normalized spacial score (nSPS) is 29.8.